The zero-order valence-corrected chi connectivity index (χ0v) is 14.8. The van der Waals surface area contributed by atoms with Crippen molar-refractivity contribution in [3.63, 3.8) is 0 Å². The van der Waals surface area contributed by atoms with Crippen molar-refractivity contribution in [2.75, 3.05) is 18.4 Å². The van der Waals surface area contributed by atoms with Gasteiger partial charge < -0.3 is 10.6 Å². The number of carbonyl (C=O) groups is 1. The van der Waals surface area contributed by atoms with Gasteiger partial charge in [-0.15, -0.1) is 6.58 Å². The lowest BCUT2D eigenvalue weighted by Gasteiger charge is -2.09. The van der Waals surface area contributed by atoms with Crippen LogP contribution in [0.25, 0.3) is 0 Å². The zero-order valence-electron chi connectivity index (χ0n) is 13.3. The highest BCUT2D eigenvalue weighted by molar-refractivity contribution is 6.35. The summed E-state index contributed by atoms with van der Waals surface area (Å²) in [6.07, 6.45) is 2.32. The molecule has 0 unspecified atom stereocenters. The molecule has 1 amide bonds. The van der Waals surface area contributed by atoms with Gasteiger partial charge in [-0.05, 0) is 31.0 Å². The molecule has 126 valence electrons. The summed E-state index contributed by atoms with van der Waals surface area (Å²) in [7, 11) is 0. The average molecular weight is 365 g/mol. The van der Waals surface area contributed by atoms with Gasteiger partial charge in [-0.3, -0.25) is 4.79 Å². The number of halogens is 2. The Morgan fingerprint density at radius 3 is 2.79 bits per heavy atom. The van der Waals surface area contributed by atoms with Crippen LogP contribution >= 0.6 is 23.2 Å². The number of anilines is 1. The summed E-state index contributed by atoms with van der Waals surface area (Å²) in [6, 6.07) is 6.92. The Bertz CT molecular complexity index is 749. The van der Waals surface area contributed by atoms with Crippen LogP contribution in [0.15, 0.2) is 36.9 Å². The smallest absolute Gasteiger partial charge is 0.270 e. The predicted molar refractivity (Wildman–Crippen MR) is 98.0 cm³/mol. The molecule has 0 aliphatic carbocycles. The Kier molecular flexibility index (Phi) is 6.58. The molecule has 2 rings (SSSR count). The lowest BCUT2D eigenvalue weighted by atomic mass is 10.1. The third kappa shape index (κ3) is 5.22. The topological polar surface area (TPSA) is 66.9 Å². The van der Waals surface area contributed by atoms with Crippen molar-refractivity contribution in [2.24, 2.45) is 0 Å². The van der Waals surface area contributed by atoms with Gasteiger partial charge in [0, 0.05) is 29.2 Å². The van der Waals surface area contributed by atoms with Gasteiger partial charge in [-0.25, -0.2) is 9.97 Å². The molecular formula is C17H18Cl2N4O. The second kappa shape index (κ2) is 8.66. The van der Waals surface area contributed by atoms with Crippen molar-refractivity contribution in [1.82, 2.24) is 15.3 Å². The van der Waals surface area contributed by atoms with E-state index in [1.54, 1.807) is 31.2 Å². The second-order valence-electron chi connectivity index (χ2n) is 5.10. The maximum atomic E-state index is 12.2. The van der Waals surface area contributed by atoms with E-state index in [0.29, 0.717) is 46.9 Å². The van der Waals surface area contributed by atoms with Crippen LogP contribution in [0.3, 0.4) is 0 Å². The quantitative estimate of drug-likeness (QED) is 0.735. The highest BCUT2D eigenvalue weighted by atomic mass is 35.5. The number of rotatable bonds is 7. The van der Waals surface area contributed by atoms with Gasteiger partial charge in [-0.2, -0.15) is 0 Å². The molecule has 0 radical (unpaired) electrons. The van der Waals surface area contributed by atoms with E-state index in [9.17, 15) is 4.79 Å². The fourth-order valence-electron chi connectivity index (χ4n) is 2.08. The zero-order chi connectivity index (χ0) is 17.5. The lowest BCUT2D eigenvalue weighted by molar-refractivity contribution is 0.0949. The fourth-order valence-corrected chi connectivity index (χ4v) is 2.58. The van der Waals surface area contributed by atoms with Crippen molar-refractivity contribution in [3.8, 4) is 0 Å². The first kappa shape index (κ1) is 18.2. The molecule has 1 aromatic carbocycles. The van der Waals surface area contributed by atoms with Crippen LogP contribution in [0.5, 0.6) is 0 Å². The van der Waals surface area contributed by atoms with Crippen molar-refractivity contribution in [2.45, 2.75) is 13.3 Å². The summed E-state index contributed by atoms with van der Waals surface area (Å²) >= 11 is 12.0. The Hall–Kier alpha value is -2.11. The van der Waals surface area contributed by atoms with Gasteiger partial charge in [0.25, 0.3) is 5.91 Å². The van der Waals surface area contributed by atoms with Gasteiger partial charge in [0.15, 0.2) is 0 Å². The second-order valence-corrected chi connectivity index (χ2v) is 5.94. The molecule has 2 aromatic rings. The summed E-state index contributed by atoms with van der Waals surface area (Å²) in [5, 5.41) is 7.05. The predicted octanol–water partition coefficient (Wildman–Crippen LogP) is 3.66. The molecule has 1 heterocycles. The molecule has 0 saturated carbocycles. The van der Waals surface area contributed by atoms with E-state index in [-0.39, 0.29) is 5.91 Å². The normalized spacial score (nSPS) is 10.3. The number of amides is 1. The van der Waals surface area contributed by atoms with Gasteiger partial charge in [0.1, 0.15) is 17.3 Å². The molecule has 0 aliphatic heterocycles. The summed E-state index contributed by atoms with van der Waals surface area (Å²) < 4.78 is 0. The van der Waals surface area contributed by atoms with Crippen molar-refractivity contribution in [3.05, 3.63) is 64.0 Å². The van der Waals surface area contributed by atoms with Crippen LogP contribution in [0.1, 0.15) is 21.9 Å². The largest absolute Gasteiger partial charge is 0.366 e. The van der Waals surface area contributed by atoms with Crippen molar-refractivity contribution in [1.29, 1.82) is 0 Å². The van der Waals surface area contributed by atoms with E-state index < -0.39 is 0 Å². The number of carbonyl (C=O) groups excluding carboxylic acids is 1. The number of hydrogen-bond acceptors (Lipinski definition) is 4. The minimum absolute atomic E-state index is 0.257. The van der Waals surface area contributed by atoms with Gasteiger partial charge in [-0.1, -0.05) is 35.3 Å². The first-order valence-corrected chi connectivity index (χ1v) is 8.17. The maximum absolute atomic E-state index is 12.2. The summed E-state index contributed by atoms with van der Waals surface area (Å²) in [5.74, 6) is 0.857. The van der Waals surface area contributed by atoms with Gasteiger partial charge in [0.2, 0.25) is 0 Å². The Balaban J connectivity index is 1.96. The van der Waals surface area contributed by atoms with E-state index in [1.165, 1.54) is 0 Å². The van der Waals surface area contributed by atoms with Crippen LogP contribution in [0.4, 0.5) is 5.82 Å². The summed E-state index contributed by atoms with van der Waals surface area (Å²) in [6.45, 7) is 6.38. The van der Waals surface area contributed by atoms with E-state index >= 15 is 0 Å². The molecule has 0 aliphatic rings. The first-order chi connectivity index (χ1) is 11.5. The fraction of sp³-hybridized carbons (Fsp3) is 0.235. The van der Waals surface area contributed by atoms with Crippen molar-refractivity contribution < 1.29 is 4.79 Å². The number of aryl methyl sites for hydroxylation is 1. The van der Waals surface area contributed by atoms with Crippen molar-refractivity contribution >= 4 is 34.9 Å². The number of aromatic nitrogens is 2. The molecule has 5 nitrogen and oxygen atoms in total. The van der Waals surface area contributed by atoms with Crippen LogP contribution in [0, 0.1) is 6.92 Å². The molecule has 0 atom stereocenters. The van der Waals surface area contributed by atoms with Gasteiger partial charge in [0.05, 0.1) is 0 Å². The van der Waals surface area contributed by atoms with Crippen LogP contribution < -0.4 is 10.6 Å². The SMILES string of the molecule is C=CCNc1cc(C(=O)NCCc2ccc(Cl)cc2Cl)nc(C)n1. The lowest BCUT2D eigenvalue weighted by Crippen LogP contribution is -2.27. The molecule has 0 bridgehead atoms. The standard InChI is InChI=1S/C17H18Cl2N4O/c1-3-7-20-16-10-15(22-11(2)23-16)17(24)21-8-6-12-4-5-13(18)9-14(12)19/h3-5,9-10H,1,6-8H2,2H3,(H,21,24)(H,20,22,23). The summed E-state index contributed by atoms with van der Waals surface area (Å²) in [4.78, 5) is 20.6. The number of hydrogen-bond donors (Lipinski definition) is 2. The third-order valence-corrected chi connectivity index (χ3v) is 3.78. The number of nitrogens with one attached hydrogen (secondary N) is 2. The highest BCUT2D eigenvalue weighted by Crippen LogP contribution is 2.21. The number of benzene rings is 1. The van der Waals surface area contributed by atoms with Crippen LogP contribution in [-0.4, -0.2) is 29.0 Å². The van der Waals surface area contributed by atoms with Gasteiger partial charge >= 0.3 is 0 Å². The minimum atomic E-state index is -0.257. The molecule has 0 fully saturated rings. The van der Waals surface area contributed by atoms with Crippen LogP contribution in [-0.2, 0) is 6.42 Å². The Morgan fingerprint density at radius 1 is 1.29 bits per heavy atom. The van der Waals surface area contributed by atoms with E-state index in [2.05, 4.69) is 27.2 Å². The van der Waals surface area contributed by atoms with E-state index in [4.69, 9.17) is 23.2 Å². The first-order valence-electron chi connectivity index (χ1n) is 7.42. The molecule has 0 spiro atoms. The molecule has 0 saturated heterocycles. The van der Waals surface area contributed by atoms with Crippen LogP contribution in [0.2, 0.25) is 10.0 Å². The maximum Gasteiger partial charge on any atom is 0.270 e. The third-order valence-electron chi connectivity index (χ3n) is 3.19. The molecule has 24 heavy (non-hydrogen) atoms. The molecule has 7 heteroatoms. The minimum Gasteiger partial charge on any atom is -0.366 e. The monoisotopic (exact) mass is 364 g/mol. The Labute approximate surface area is 151 Å². The van der Waals surface area contributed by atoms with E-state index in [0.717, 1.165) is 5.56 Å². The highest BCUT2D eigenvalue weighted by Gasteiger charge is 2.10. The Morgan fingerprint density at radius 2 is 2.08 bits per heavy atom. The molecule has 1 aromatic heterocycles. The molecular weight excluding hydrogens is 347 g/mol. The average Bonchev–Trinajstić information content (AvgIpc) is 2.54. The summed E-state index contributed by atoms with van der Waals surface area (Å²) in [5.41, 5.74) is 1.24. The number of nitrogens with zero attached hydrogens (tertiary/aromatic N) is 2. The molecule has 2 N–H and O–H groups in total. The van der Waals surface area contributed by atoms with E-state index in [1.807, 2.05) is 6.07 Å².